The summed E-state index contributed by atoms with van der Waals surface area (Å²) in [6, 6.07) is 12.2. The van der Waals surface area contributed by atoms with Crippen molar-refractivity contribution in [3.05, 3.63) is 65.5 Å². The lowest BCUT2D eigenvalue weighted by atomic mass is 10.0. The second kappa shape index (κ2) is 8.29. The summed E-state index contributed by atoms with van der Waals surface area (Å²) in [6.45, 7) is 1.27. The van der Waals surface area contributed by atoms with Crippen molar-refractivity contribution in [2.45, 2.75) is 23.5 Å². The molecular formula is C20H15F6N3OS. The molecule has 0 fully saturated rings. The minimum absolute atomic E-state index is 0.0768. The van der Waals surface area contributed by atoms with Crippen LogP contribution in [0, 0.1) is 6.92 Å². The van der Waals surface area contributed by atoms with Crippen LogP contribution in [0.2, 0.25) is 0 Å². The van der Waals surface area contributed by atoms with Gasteiger partial charge in [-0.15, -0.1) is 0 Å². The predicted octanol–water partition coefficient (Wildman–Crippen LogP) is 6.28. The van der Waals surface area contributed by atoms with Crippen LogP contribution in [0.15, 0.2) is 53.4 Å². The SMILES string of the molecule is Cc1c(C(=O)Nc2c(SC(F)(F)F)cccc2-c2ccccc2)c(C(F)(F)F)nn1C. The molecule has 1 N–H and O–H groups in total. The van der Waals surface area contributed by atoms with Crippen LogP contribution in [-0.4, -0.2) is 21.2 Å². The fourth-order valence-electron chi connectivity index (χ4n) is 2.98. The molecule has 1 amide bonds. The van der Waals surface area contributed by atoms with E-state index in [1.54, 1.807) is 30.3 Å². The fourth-order valence-corrected chi connectivity index (χ4v) is 3.64. The third kappa shape index (κ3) is 5.04. The van der Waals surface area contributed by atoms with E-state index in [1.807, 2.05) is 0 Å². The molecule has 2 aromatic carbocycles. The quantitative estimate of drug-likeness (QED) is 0.369. The summed E-state index contributed by atoms with van der Waals surface area (Å²) in [6.07, 6.45) is -4.92. The van der Waals surface area contributed by atoms with Crippen molar-refractivity contribution in [2.24, 2.45) is 7.05 Å². The van der Waals surface area contributed by atoms with E-state index in [0.717, 1.165) is 10.7 Å². The summed E-state index contributed by atoms with van der Waals surface area (Å²) in [5.74, 6) is -1.20. The first-order valence-corrected chi connectivity index (χ1v) is 9.56. The van der Waals surface area contributed by atoms with Gasteiger partial charge in [-0.05, 0) is 30.3 Å². The Hall–Kier alpha value is -2.95. The molecule has 0 saturated carbocycles. The van der Waals surface area contributed by atoms with Crippen molar-refractivity contribution in [1.82, 2.24) is 9.78 Å². The van der Waals surface area contributed by atoms with E-state index < -0.39 is 40.6 Å². The molecular weight excluding hydrogens is 444 g/mol. The molecule has 0 unspecified atom stereocenters. The van der Waals surface area contributed by atoms with E-state index in [4.69, 9.17) is 0 Å². The topological polar surface area (TPSA) is 46.9 Å². The zero-order valence-electron chi connectivity index (χ0n) is 16.1. The Balaban J connectivity index is 2.14. The Bertz CT molecular complexity index is 1110. The summed E-state index contributed by atoms with van der Waals surface area (Å²) in [5.41, 5.74) is -6.42. The third-order valence-electron chi connectivity index (χ3n) is 4.40. The van der Waals surface area contributed by atoms with Crippen LogP contribution in [0.4, 0.5) is 32.0 Å². The Morgan fingerprint density at radius 3 is 2.23 bits per heavy atom. The molecule has 3 rings (SSSR count). The van der Waals surface area contributed by atoms with Crippen molar-refractivity contribution in [3.63, 3.8) is 0 Å². The van der Waals surface area contributed by atoms with Gasteiger partial charge in [0, 0.05) is 23.2 Å². The highest BCUT2D eigenvalue weighted by Crippen LogP contribution is 2.44. The molecule has 0 aliphatic rings. The normalized spacial score (nSPS) is 12.1. The molecule has 0 radical (unpaired) electrons. The van der Waals surface area contributed by atoms with Gasteiger partial charge in [-0.3, -0.25) is 9.48 Å². The Morgan fingerprint density at radius 2 is 1.65 bits per heavy atom. The fraction of sp³-hybridized carbons (Fsp3) is 0.200. The highest BCUT2D eigenvalue weighted by Gasteiger charge is 2.41. The third-order valence-corrected chi connectivity index (χ3v) is 5.20. The van der Waals surface area contributed by atoms with Crippen molar-refractivity contribution < 1.29 is 31.1 Å². The Labute approximate surface area is 177 Å². The number of anilines is 1. The maximum atomic E-state index is 13.4. The molecule has 31 heavy (non-hydrogen) atoms. The Morgan fingerprint density at radius 1 is 1.00 bits per heavy atom. The highest BCUT2D eigenvalue weighted by atomic mass is 32.2. The molecule has 0 aliphatic carbocycles. The summed E-state index contributed by atoms with van der Waals surface area (Å²) < 4.78 is 80.3. The number of amides is 1. The van der Waals surface area contributed by atoms with Crippen LogP contribution in [0.25, 0.3) is 11.1 Å². The standard InChI is InChI=1S/C20H15F6N3OS/c1-11-15(17(19(21,22)23)28-29(11)2)18(30)27-16-13(12-7-4-3-5-8-12)9-6-10-14(16)31-20(24,25)26/h3-10H,1-2H3,(H,27,30). The molecule has 0 spiro atoms. The van der Waals surface area contributed by atoms with Gasteiger partial charge in [-0.2, -0.15) is 31.4 Å². The smallest absolute Gasteiger partial charge is 0.320 e. The van der Waals surface area contributed by atoms with Gasteiger partial charge in [0.15, 0.2) is 5.69 Å². The van der Waals surface area contributed by atoms with E-state index in [9.17, 15) is 31.1 Å². The first-order valence-electron chi connectivity index (χ1n) is 8.75. The van der Waals surface area contributed by atoms with Crippen molar-refractivity contribution >= 4 is 23.4 Å². The van der Waals surface area contributed by atoms with Gasteiger partial charge in [0.1, 0.15) is 0 Å². The highest BCUT2D eigenvalue weighted by molar-refractivity contribution is 8.00. The van der Waals surface area contributed by atoms with Gasteiger partial charge in [0.2, 0.25) is 0 Å². The van der Waals surface area contributed by atoms with E-state index in [0.29, 0.717) is 5.56 Å². The number of carbonyl (C=O) groups is 1. The van der Waals surface area contributed by atoms with Gasteiger partial charge in [0.05, 0.1) is 11.3 Å². The molecule has 1 aromatic heterocycles. The molecule has 0 atom stereocenters. The van der Waals surface area contributed by atoms with Crippen molar-refractivity contribution in [2.75, 3.05) is 5.32 Å². The number of hydrogen-bond donors (Lipinski definition) is 1. The predicted molar refractivity (Wildman–Crippen MR) is 105 cm³/mol. The first kappa shape index (κ1) is 22.7. The number of aryl methyl sites for hydroxylation is 1. The maximum absolute atomic E-state index is 13.4. The van der Waals surface area contributed by atoms with Gasteiger partial charge < -0.3 is 5.32 Å². The number of aromatic nitrogens is 2. The van der Waals surface area contributed by atoms with E-state index in [1.165, 1.54) is 26.1 Å². The molecule has 0 bridgehead atoms. The van der Waals surface area contributed by atoms with Gasteiger partial charge >= 0.3 is 11.7 Å². The lowest BCUT2D eigenvalue weighted by Gasteiger charge is -2.17. The van der Waals surface area contributed by atoms with Crippen LogP contribution in [-0.2, 0) is 13.2 Å². The second-order valence-electron chi connectivity index (χ2n) is 6.48. The Kier molecular flexibility index (Phi) is 6.08. The molecule has 164 valence electrons. The number of alkyl halides is 6. The van der Waals surface area contributed by atoms with Crippen LogP contribution in [0.1, 0.15) is 21.7 Å². The molecule has 4 nitrogen and oxygen atoms in total. The minimum Gasteiger partial charge on any atom is -0.320 e. The zero-order valence-corrected chi connectivity index (χ0v) is 16.9. The average Bonchev–Trinajstić information content (AvgIpc) is 2.98. The number of halogens is 6. The summed E-state index contributed by atoms with van der Waals surface area (Å²) in [5, 5.41) is 5.62. The van der Waals surface area contributed by atoms with Crippen molar-refractivity contribution in [3.8, 4) is 11.1 Å². The van der Waals surface area contributed by atoms with Crippen LogP contribution in [0.5, 0.6) is 0 Å². The van der Waals surface area contributed by atoms with E-state index in [-0.39, 0.29) is 21.8 Å². The lowest BCUT2D eigenvalue weighted by Crippen LogP contribution is -2.19. The number of benzene rings is 2. The summed E-state index contributed by atoms with van der Waals surface area (Å²) in [4.78, 5) is 12.5. The zero-order chi connectivity index (χ0) is 23.0. The number of nitrogens with zero attached hydrogens (tertiary/aromatic N) is 2. The maximum Gasteiger partial charge on any atom is 0.446 e. The number of para-hydroxylation sites is 1. The van der Waals surface area contributed by atoms with Crippen molar-refractivity contribution in [1.29, 1.82) is 0 Å². The molecule has 3 aromatic rings. The second-order valence-corrected chi connectivity index (χ2v) is 7.58. The molecule has 0 saturated heterocycles. The summed E-state index contributed by atoms with van der Waals surface area (Å²) >= 11 is -0.465. The number of rotatable bonds is 4. The van der Waals surface area contributed by atoms with Crippen LogP contribution < -0.4 is 5.32 Å². The average molecular weight is 459 g/mol. The molecule has 1 heterocycles. The van der Waals surface area contributed by atoms with Gasteiger partial charge in [-0.25, -0.2) is 0 Å². The van der Waals surface area contributed by atoms with E-state index >= 15 is 0 Å². The summed E-state index contributed by atoms with van der Waals surface area (Å²) in [7, 11) is 1.24. The number of carbonyl (C=O) groups excluding carboxylic acids is 1. The number of nitrogens with one attached hydrogen (secondary N) is 1. The minimum atomic E-state index is -4.92. The number of hydrogen-bond acceptors (Lipinski definition) is 3. The molecule has 11 heteroatoms. The van der Waals surface area contributed by atoms with Gasteiger partial charge in [0.25, 0.3) is 5.91 Å². The largest absolute Gasteiger partial charge is 0.446 e. The van der Waals surface area contributed by atoms with Gasteiger partial charge in [-0.1, -0.05) is 42.5 Å². The molecule has 0 aliphatic heterocycles. The van der Waals surface area contributed by atoms with Crippen LogP contribution in [0.3, 0.4) is 0 Å². The van der Waals surface area contributed by atoms with Crippen LogP contribution >= 0.6 is 11.8 Å². The number of thioether (sulfide) groups is 1. The first-order chi connectivity index (χ1) is 14.4. The van der Waals surface area contributed by atoms with E-state index in [2.05, 4.69) is 10.4 Å². The monoisotopic (exact) mass is 459 g/mol. The lowest BCUT2D eigenvalue weighted by molar-refractivity contribution is -0.141.